The van der Waals surface area contributed by atoms with Crippen LogP contribution in [-0.2, 0) is 6.42 Å². The Morgan fingerprint density at radius 3 is 2.81 bits per heavy atom. The van der Waals surface area contributed by atoms with Crippen LogP contribution in [0.3, 0.4) is 0 Å². The van der Waals surface area contributed by atoms with Crippen LogP contribution >= 0.6 is 11.3 Å². The first-order valence-corrected chi connectivity index (χ1v) is 10.9. The highest BCUT2D eigenvalue weighted by Gasteiger charge is 2.16. The fraction of sp³-hybridized carbons (Fsp3) is 0.174. The number of ether oxygens (including phenoxy) is 1. The summed E-state index contributed by atoms with van der Waals surface area (Å²) in [4.78, 5) is 29.6. The maximum absolute atomic E-state index is 11.8. The van der Waals surface area contributed by atoms with E-state index in [0.29, 0.717) is 27.9 Å². The van der Waals surface area contributed by atoms with E-state index >= 15 is 0 Å². The zero-order valence-electron chi connectivity index (χ0n) is 17.9. The molecule has 0 saturated carbocycles. The van der Waals surface area contributed by atoms with Gasteiger partial charge in [0.2, 0.25) is 5.06 Å². The van der Waals surface area contributed by atoms with E-state index in [1.54, 1.807) is 37.6 Å². The number of hydrogen-bond donors (Lipinski definition) is 2. The second-order valence-electron chi connectivity index (χ2n) is 6.91. The molecule has 0 saturated heterocycles. The van der Waals surface area contributed by atoms with Gasteiger partial charge in [0.25, 0.3) is 5.91 Å². The maximum Gasteiger partial charge on any atom is 0.252 e. The van der Waals surface area contributed by atoms with Gasteiger partial charge < -0.3 is 15.4 Å². The molecule has 4 aromatic rings. The molecule has 8 nitrogen and oxygen atoms in total. The molecule has 4 aromatic heterocycles. The highest BCUT2D eigenvalue weighted by atomic mass is 32.1. The van der Waals surface area contributed by atoms with Crippen LogP contribution < -0.4 is 15.4 Å². The van der Waals surface area contributed by atoms with Crippen LogP contribution in [-0.4, -0.2) is 32.9 Å². The predicted molar refractivity (Wildman–Crippen MR) is 125 cm³/mol. The van der Waals surface area contributed by atoms with Crippen LogP contribution in [0.15, 0.2) is 55.0 Å². The molecule has 0 atom stereocenters. The lowest BCUT2D eigenvalue weighted by Gasteiger charge is -2.09. The van der Waals surface area contributed by atoms with Crippen molar-refractivity contribution in [3.8, 4) is 22.2 Å². The Kier molecular flexibility index (Phi) is 6.37. The Labute approximate surface area is 189 Å². The molecule has 0 fully saturated rings. The molecule has 32 heavy (non-hydrogen) atoms. The SMILES string of the molecule is CCc1nc(-c2cccc(C)n2)c(Oc2ccnc(Nc3cncc(C(=O)NC)c3)c2)s1. The Hall–Kier alpha value is -3.85. The number of hydrogen-bond acceptors (Lipinski definition) is 8. The van der Waals surface area contributed by atoms with Gasteiger partial charge in [-0.3, -0.25) is 14.8 Å². The summed E-state index contributed by atoms with van der Waals surface area (Å²) in [6.45, 7) is 4.01. The fourth-order valence-corrected chi connectivity index (χ4v) is 3.86. The number of aromatic nitrogens is 4. The average Bonchev–Trinajstić information content (AvgIpc) is 3.22. The van der Waals surface area contributed by atoms with E-state index in [1.165, 1.54) is 17.5 Å². The molecule has 4 heterocycles. The number of aryl methyl sites for hydroxylation is 2. The van der Waals surface area contributed by atoms with Gasteiger partial charge in [0, 0.05) is 31.2 Å². The van der Waals surface area contributed by atoms with Gasteiger partial charge in [0.05, 0.1) is 28.1 Å². The van der Waals surface area contributed by atoms with Gasteiger partial charge in [-0.2, -0.15) is 0 Å². The minimum absolute atomic E-state index is 0.208. The normalized spacial score (nSPS) is 10.6. The predicted octanol–water partition coefficient (Wildman–Crippen LogP) is 4.76. The topological polar surface area (TPSA) is 102 Å². The Balaban J connectivity index is 1.59. The van der Waals surface area contributed by atoms with Gasteiger partial charge in [-0.05, 0) is 37.6 Å². The van der Waals surface area contributed by atoms with Gasteiger partial charge in [-0.25, -0.2) is 9.97 Å². The Bertz CT molecular complexity index is 1260. The molecule has 0 radical (unpaired) electrons. The Morgan fingerprint density at radius 1 is 1.16 bits per heavy atom. The molecule has 4 rings (SSSR count). The number of thiazole rings is 1. The quantitative estimate of drug-likeness (QED) is 0.422. The molecule has 162 valence electrons. The number of pyridine rings is 3. The highest BCUT2D eigenvalue weighted by Crippen LogP contribution is 2.38. The molecule has 0 aliphatic carbocycles. The summed E-state index contributed by atoms with van der Waals surface area (Å²) in [7, 11) is 1.58. The maximum atomic E-state index is 11.8. The largest absolute Gasteiger partial charge is 0.444 e. The molecule has 0 unspecified atom stereocenters. The first-order chi connectivity index (χ1) is 15.6. The third-order valence-corrected chi connectivity index (χ3v) is 5.59. The molecule has 0 aliphatic heterocycles. The first kappa shape index (κ1) is 21.4. The van der Waals surface area contributed by atoms with E-state index in [2.05, 4.69) is 32.5 Å². The average molecular weight is 447 g/mol. The third kappa shape index (κ3) is 4.89. The van der Waals surface area contributed by atoms with Crippen molar-refractivity contribution in [1.29, 1.82) is 0 Å². The zero-order valence-corrected chi connectivity index (χ0v) is 18.7. The van der Waals surface area contributed by atoms with Gasteiger partial charge in [-0.1, -0.05) is 24.3 Å². The van der Waals surface area contributed by atoms with Crippen LogP contribution in [0.2, 0.25) is 0 Å². The van der Waals surface area contributed by atoms with Crippen LogP contribution in [0, 0.1) is 6.92 Å². The molecule has 2 N–H and O–H groups in total. The summed E-state index contributed by atoms with van der Waals surface area (Å²) in [5.41, 5.74) is 3.52. The van der Waals surface area contributed by atoms with Crippen molar-refractivity contribution in [1.82, 2.24) is 25.3 Å². The smallest absolute Gasteiger partial charge is 0.252 e. The zero-order chi connectivity index (χ0) is 22.5. The minimum Gasteiger partial charge on any atom is -0.444 e. The first-order valence-electron chi connectivity index (χ1n) is 10.1. The summed E-state index contributed by atoms with van der Waals surface area (Å²) >= 11 is 1.50. The number of carbonyl (C=O) groups excluding carboxylic acids is 1. The van der Waals surface area contributed by atoms with Crippen molar-refractivity contribution >= 4 is 28.7 Å². The summed E-state index contributed by atoms with van der Waals surface area (Å²) in [5.74, 6) is 0.965. The monoisotopic (exact) mass is 446 g/mol. The van der Waals surface area contributed by atoms with Crippen molar-refractivity contribution in [3.05, 3.63) is 71.3 Å². The molecule has 0 spiro atoms. The highest BCUT2D eigenvalue weighted by molar-refractivity contribution is 7.14. The standard InChI is InChI=1S/C23H22N6O2S/c1-4-20-29-21(18-7-5-6-14(2)27-18)23(32-20)31-17-8-9-26-19(11-17)28-16-10-15(12-25-13-16)22(30)24-3/h5-13H,4H2,1-3H3,(H,24,30)(H,26,28). The van der Waals surface area contributed by atoms with Gasteiger partial charge in [0.1, 0.15) is 17.3 Å². The number of nitrogens with zero attached hydrogens (tertiary/aromatic N) is 4. The summed E-state index contributed by atoms with van der Waals surface area (Å²) in [6.07, 6.45) is 5.59. The molecular weight excluding hydrogens is 424 g/mol. The van der Waals surface area contributed by atoms with Crippen molar-refractivity contribution in [2.45, 2.75) is 20.3 Å². The number of rotatable bonds is 7. The molecule has 0 aliphatic rings. The van der Waals surface area contributed by atoms with Crippen LogP contribution in [0.25, 0.3) is 11.4 Å². The van der Waals surface area contributed by atoms with Crippen molar-refractivity contribution in [2.24, 2.45) is 0 Å². The van der Waals surface area contributed by atoms with Crippen LogP contribution in [0.1, 0.15) is 28.0 Å². The summed E-state index contributed by atoms with van der Waals surface area (Å²) < 4.78 is 6.20. The molecule has 1 amide bonds. The van der Waals surface area contributed by atoms with E-state index in [4.69, 9.17) is 9.72 Å². The molecule has 0 bridgehead atoms. The lowest BCUT2D eigenvalue weighted by Crippen LogP contribution is -2.18. The fourth-order valence-electron chi connectivity index (χ4n) is 2.98. The summed E-state index contributed by atoms with van der Waals surface area (Å²) in [5, 5.41) is 7.40. The van der Waals surface area contributed by atoms with Crippen LogP contribution in [0.5, 0.6) is 10.8 Å². The van der Waals surface area contributed by atoms with Crippen LogP contribution in [0.4, 0.5) is 11.5 Å². The molecular formula is C23H22N6O2S. The number of nitrogens with one attached hydrogen (secondary N) is 2. The van der Waals surface area contributed by atoms with Crippen molar-refractivity contribution in [3.63, 3.8) is 0 Å². The van der Waals surface area contributed by atoms with E-state index in [9.17, 15) is 4.79 Å². The second kappa shape index (κ2) is 9.52. The van der Waals surface area contributed by atoms with E-state index in [1.807, 2.05) is 25.1 Å². The second-order valence-corrected chi connectivity index (χ2v) is 7.95. The molecule has 0 aromatic carbocycles. The van der Waals surface area contributed by atoms with Gasteiger partial charge in [-0.15, -0.1) is 0 Å². The third-order valence-electron chi connectivity index (χ3n) is 4.52. The van der Waals surface area contributed by atoms with Gasteiger partial charge >= 0.3 is 0 Å². The Morgan fingerprint density at radius 2 is 2.03 bits per heavy atom. The molecule has 9 heteroatoms. The lowest BCUT2D eigenvalue weighted by molar-refractivity contribution is 0.0962. The van der Waals surface area contributed by atoms with Crippen molar-refractivity contribution in [2.75, 3.05) is 12.4 Å². The number of carbonyl (C=O) groups is 1. The van der Waals surface area contributed by atoms with Crippen molar-refractivity contribution < 1.29 is 9.53 Å². The van der Waals surface area contributed by atoms with E-state index in [-0.39, 0.29) is 5.91 Å². The van der Waals surface area contributed by atoms with E-state index < -0.39 is 0 Å². The lowest BCUT2D eigenvalue weighted by atomic mass is 10.2. The summed E-state index contributed by atoms with van der Waals surface area (Å²) in [6, 6.07) is 11.1. The van der Waals surface area contributed by atoms with E-state index in [0.717, 1.165) is 28.5 Å². The number of anilines is 2. The minimum atomic E-state index is -0.208. The van der Waals surface area contributed by atoms with Gasteiger partial charge in [0.15, 0.2) is 0 Å². The number of amides is 1.